The molecule has 2 aliphatic rings. The highest BCUT2D eigenvalue weighted by molar-refractivity contribution is 6.01. The molecule has 0 saturated heterocycles. The lowest BCUT2D eigenvalue weighted by molar-refractivity contribution is -0.118. The van der Waals surface area contributed by atoms with E-state index in [2.05, 4.69) is 5.32 Å². The molecule has 0 aliphatic carbocycles. The van der Waals surface area contributed by atoms with Gasteiger partial charge in [-0.1, -0.05) is 24.3 Å². The molecule has 0 radical (unpaired) electrons. The van der Waals surface area contributed by atoms with Crippen LogP contribution in [0.25, 0.3) is 0 Å². The van der Waals surface area contributed by atoms with Crippen molar-refractivity contribution in [3.05, 3.63) is 59.2 Å². The molecule has 2 aliphatic heterocycles. The highest BCUT2D eigenvalue weighted by Crippen LogP contribution is 2.45. The average Bonchev–Trinajstić information content (AvgIpc) is 2.83. The third-order valence-electron chi connectivity index (χ3n) is 4.63. The molecule has 1 atom stereocenters. The van der Waals surface area contributed by atoms with Gasteiger partial charge in [-0.15, -0.1) is 0 Å². The van der Waals surface area contributed by atoms with E-state index in [4.69, 9.17) is 4.74 Å². The van der Waals surface area contributed by atoms with Crippen LogP contribution in [0.5, 0.6) is 5.75 Å². The third-order valence-corrected chi connectivity index (χ3v) is 4.63. The van der Waals surface area contributed by atoms with Crippen LogP contribution < -0.4 is 10.1 Å². The molecule has 0 saturated carbocycles. The molecule has 25 heavy (non-hydrogen) atoms. The van der Waals surface area contributed by atoms with E-state index >= 15 is 0 Å². The molecule has 4 rings (SSSR count). The van der Waals surface area contributed by atoms with Crippen LogP contribution in [0, 0.1) is 0 Å². The maximum Gasteiger partial charge on any atom is 0.262 e. The molecular formula is C19H18N2O4. The minimum absolute atomic E-state index is 0.0317. The Bertz CT molecular complexity index is 893. The molecule has 2 aromatic rings. The molecule has 2 N–H and O–H groups in total. The molecule has 0 fully saturated rings. The number of hydrogen-bond acceptors (Lipinski definition) is 4. The first-order valence-corrected chi connectivity index (χ1v) is 8.15. The van der Waals surface area contributed by atoms with Crippen molar-refractivity contribution in [1.82, 2.24) is 4.90 Å². The van der Waals surface area contributed by atoms with E-state index in [1.807, 2.05) is 13.8 Å². The molecule has 0 aromatic heterocycles. The number of nitrogens with one attached hydrogen (secondary N) is 1. The van der Waals surface area contributed by atoms with Gasteiger partial charge >= 0.3 is 0 Å². The van der Waals surface area contributed by atoms with Crippen molar-refractivity contribution < 1.29 is 19.4 Å². The van der Waals surface area contributed by atoms with E-state index in [-0.39, 0.29) is 24.5 Å². The monoisotopic (exact) mass is 338 g/mol. The van der Waals surface area contributed by atoms with Gasteiger partial charge in [0.1, 0.15) is 5.75 Å². The van der Waals surface area contributed by atoms with Gasteiger partial charge < -0.3 is 15.2 Å². The Labute approximate surface area is 145 Å². The van der Waals surface area contributed by atoms with Gasteiger partial charge in [-0.05, 0) is 32.0 Å². The van der Waals surface area contributed by atoms with Crippen LogP contribution >= 0.6 is 0 Å². The van der Waals surface area contributed by atoms with Crippen LogP contribution in [0.1, 0.15) is 35.3 Å². The Morgan fingerprint density at radius 3 is 2.72 bits per heavy atom. The summed E-state index contributed by atoms with van der Waals surface area (Å²) in [4.78, 5) is 25.9. The number of nitrogens with zero attached hydrogens (tertiary/aromatic N) is 1. The summed E-state index contributed by atoms with van der Waals surface area (Å²) in [7, 11) is 0. The van der Waals surface area contributed by atoms with Crippen LogP contribution in [0.4, 0.5) is 5.69 Å². The standard InChI is InChI=1S/C19H18N2O4/c1-11(2)21-18(23)13-5-3-4-6-14(13)19(21,24)12-7-8-16-15(9-12)20-17(22)10-25-16/h3-9,11,24H,10H2,1-2H3,(H,20,22). The number of carbonyl (C=O) groups is 2. The van der Waals surface area contributed by atoms with E-state index in [0.29, 0.717) is 28.1 Å². The van der Waals surface area contributed by atoms with Crippen LogP contribution in [0.15, 0.2) is 42.5 Å². The van der Waals surface area contributed by atoms with Gasteiger partial charge in [0, 0.05) is 22.7 Å². The van der Waals surface area contributed by atoms with Crippen molar-refractivity contribution in [2.24, 2.45) is 0 Å². The number of fused-ring (bicyclic) bond motifs is 2. The Balaban J connectivity index is 1.91. The lowest BCUT2D eigenvalue weighted by atomic mass is 9.92. The van der Waals surface area contributed by atoms with Crippen molar-refractivity contribution in [1.29, 1.82) is 0 Å². The zero-order valence-corrected chi connectivity index (χ0v) is 13.9. The number of anilines is 1. The number of amides is 2. The summed E-state index contributed by atoms with van der Waals surface area (Å²) in [5, 5.41) is 14.4. The molecule has 128 valence electrons. The first-order chi connectivity index (χ1) is 11.9. The van der Waals surface area contributed by atoms with Crippen LogP contribution in [-0.4, -0.2) is 34.5 Å². The number of rotatable bonds is 2. The third kappa shape index (κ3) is 2.14. The number of hydrogen-bond donors (Lipinski definition) is 2. The van der Waals surface area contributed by atoms with Gasteiger partial charge in [-0.2, -0.15) is 0 Å². The van der Waals surface area contributed by atoms with Crippen molar-refractivity contribution >= 4 is 17.5 Å². The number of benzene rings is 2. The van der Waals surface area contributed by atoms with E-state index in [1.165, 1.54) is 4.90 Å². The van der Waals surface area contributed by atoms with Gasteiger partial charge in [0.05, 0.1) is 5.69 Å². The fraction of sp³-hybridized carbons (Fsp3) is 0.263. The number of ether oxygens (including phenoxy) is 1. The molecule has 0 spiro atoms. The van der Waals surface area contributed by atoms with Gasteiger partial charge in [-0.25, -0.2) is 0 Å². The molecule has 1 unspecified atom stereocenters. The fourth-order valence-corrected chi connectivity index (χ4v) is 3.58. The predicted molar refractivity (Wildman–Crippen MR) is 91.3 cm³/mol. The minimum atomic E-state index is -1.60. The molecule has 2 amide bonds. The SMILES string of the molecule is CC(C)N1C(=O)c2ccccc2C1(O)c1ccc2c(c1)NC(=O)CO2. The second-order valence-electron chi connectivity index (χ2n) is 6.53. The predicted octanol–water partition coefficient (Wildman–Crippen LogP) is 2.08. The largest absolute Gasteiger partial charge is 0.482 e. The first-order valence-electron chi connectivity index (χ1n) is 8.15. The average molecular weight is 338 g/mol. The highest BCUT2D eigenvalue weighted by atomic mass is 16.5. The Hall–Kier alpha value is -2.86. The maximum absolute atomic E-state index is 12.8. The molecular weight excluding hydrogens is 320 g/mol. The Morgan fingerprint density at radius 1 is 1.20 bits per heavy atom. The van der Waals surface area contributed by atoms with E-state index < -0.39 is 5.72 Å². The number of carbonyl (C=O) groups excluding carboxylic acids is 2. The van der Waals surface area contributed by atoms with Gasteiger partial charge in [-0.3, -0.25) is 14.5 Å². The summed E-state index contributed by atoms with van der Waals surface area (Å²) in [5.41, 5.74) is 0.416. The lowest BCUT2D eigenvalue weighted by Gasteiger charge is -2.38. The molecule has 6 heteroatoms. The summed E-state index contributed by atoms with van der Waals surface area (Å²) >= 11 is 0. The van der Waals surface area contributed by atoms with E-state index in [1.54, 1.807) is 42.5 Å². The zero-order chi connectivity index (χ0) is 17.8. The normalized spacial score (nSPS) is 21.7. The van der Waals surface area contributed by atoms with Crippen LogP contribution in [-0.2, 0) is 10.5 Å². The zero-order valence-electron chi connectivity index (χ0n) is 13.9. The number of aliphatic hydroxyl groups is 1. The summed E-state index contributed by atoms with van der Waals surface area (Å²) in [6.07, 6.45) is 0. The molecule has 6 nitrogen and oxygen atoms in total. The van der Waals surface area contributed by atoms with Crippen molar-refractivity contribution in [3.63, 3.8) is 0 Å². The smallest absolute Gasteiger partial charge is 0.262 e. The maximum atomic E-state index is 12.8. The summed E-state index contributed by atoms with van der Waals surface area (Å²) in [6.45, 7) is 3.69. The second-order valence-corrected chi connectivity index (χ2v) is 6.53. The lowest BCUT2D eigenvalue weighted by Crippen LogP contribution is -2.48. The van der Waals surface area contributed by atoms with Crippen molar-refractivity contribution in [2.75, 3.05) is 11.9 Å². The minimum Gasteiger partial charge on any atom is -0.482 e. The second kappa shape index (κ2) is 5.32. The quantitative estimate of drug-likeness (QED) is 0.879. The van der Waals surface area contributed by atoms with Crippen LogP contribution in [0.3, 0.4) is 0 Å². The van der Waals surface area contributed by atoms with Crippen molar-refractivity contribution in [3.8, 4) is 5.75 Å². The summed E-state index contributed by atoms with van der Waals surface area (Å²) in [5.74, 6) is 0.0759. The fourth-order valence-electron chi connectivity index (χ4n) is 3.58. The first kappa shape index (κ1) is 15.7. The van der Waals surface area contributed by atoms with Crippen molar-refractivity contribution in [2.45, 2.75) is 25.6 Å². The molecule has 2 heterocycles. The topological polar surface area (TPSA) is 78.9 Å². The van der Waals surface area contributed by atoms with Gasteiger partial charge in [0.25, 0.3) is 11.8 Å². The van der Waals surface area contributed by atoms with E-state index in [9.17, 15) is 14.7 Å². The highest BCUT2D eigenvalue weighted by Gasteiger charge is 2.51. The van der Waals surface area contributed by atoms with Gasteiger partial charge in [0.2, 0.25) is 0 Å². The van der Waals surface area contributed by atoms with E-state index in [0.717, 1.165) is 0 Å². The van der Waals surface area contributed by atoms with Crippen LogP contribution in [0.2, 0.25) is 0 Å². The van der Waals surface area contributed by atoms with Gasteiger partial charge in [0.15, 0.2) is 12.3 Å². The Morgan fingerprint density at radius 2 is 1.96 bits per heavy atom. The summed E-state index contributed by atoms with van der Waals surface area (Å²) in [6, 6.07) is 11.9. The summed E-state index contributed by atoms with van der Waals surface area (Å²) < 4.78 is 5.38. The Kier molecular flexibility index (Phi) is 3.33. The molecule has 0 bridgehead atoms. The molecule has 2 aromatic carbocycles.